The van der Waals surface area contributed by atoms with Crippen molar-refractivity contribution in [2.75, 3.05) is 26.7 Å². The number of benzene rings is 2. The van der Waals surface area contributed by atoms with Crippen molar-refractivity contribution in [3.05, 3.63) is 59.7 Å². The highest BCUT2D eigenvalue weighted by Crippen LogP contribution is 2.14. The molecule has 0 bridgehead atoms. The fourth-order valence-electron chi connectivity index (χ4n) is 1.91. The van der Waals surface area contributed by atoms with Gasteiger partial charge in [0.05, 0.1) is 20.0 Å². The molecule has 0 radical (unpaired) electrons. The molecule has 0 amide bonds. The number of sulfone groups is 1. The number of hydrogen-bond acceptors (Lipinski definition) is 5. The van der Waals surface area contributed by atoms with Gasteiger partial charge in [-0.15, -0.1) is 0 Å². The van der Waals surface area contributed by atoms with Gasteiger partial charge in [0.2, 0.25) is 0 Å². The smallest absolute Gasteiger partial charge is 0.151 e. The summed E-state index contributed by atoms with van der Waals surface area (Å²) in [5, 5.41) is 0. The van der Waals surface area contributed by atoms with Crippen molar-refractivity contribution in [2.24, 2.45) is 0 Å². The Kier molecular flexibility index (Phi) is 17.2. The van der Waals surface area contributed by atoms with E-state index in [1.807, 2.05) is 23.9 Å². The Morgan fingerprint density at radius 2 is 1.15 bits per heavy atom. The Balaban J connectivity index is -0.000000388. The van der Waals surface area contributed by atoms with Crippen molar-refractivity contribution < 1.29 is 17.9 Å². The number of rotatable bonds is 6. The molecule has 0 unspecified atom stereocenters. The minimum atomic E-state index is -2.94. The molecule has 0 N–H and O–H groups in total. The third kappa shape index (κ3) is 13.2. The van der Waals surface area contributed by atoms with E-state index in [0.29, 0.717) is 0 Å². The fourth-order valence-corrected chi connectivity index (χ4v) is 3.24. The summed E-state index contributed by atoms with van der Waals surface area (Å²) < 4.78 is 31.8. The zero-order valence-corrected chi connectivity index (χ0v) is 16.1. The van der Waals surface area contributed by atoms with Gasteiger partial charge in [-0.1, -0.05) is 46.5 Å². The lowest BCUT2D eigenvalue weighted by Crippen LogP contribution is -2.00. The van der Waals surface area contributed by atoms with Crippen LogP contribution in [0.1, 0.15) is 33.4 Å². The first kappa shape index (κ1) is 30.1. The van der Waals surface area contributed by atoms with Gasteiger partial charge < -0.3 is 9.47 Å². The standard InChI is InChI=1S/C9H12O3S.C9H12OS.3CH4/c1-12-9-5-3-8(4-6-9)7-13(2,10)11;1-10-9-5-3-8(4-6-9)7-11-2;;;/h3-6H,7H2,1-2H3;3-6H,7H2,1-2H3;3*1H4. The van der Waals surface area contributed by atoms with Crippen LogP contribution < -0.4 is 9.47 Å². The number of methoxy groups -OCH3 is 2. The molecule has 0 spiro atoms. The van der Waals surface area contributed by atoms with E-state index in [-0.39, 0.29) is 28.0 Å². The van der Waals surface area contributed by atoms with Crippen molar-refractivity contribution in [1.29, 1.82) is 0 Å². The second kappa shape index (κ2) is 15.4. The molecule has 2 aromatic carbocycles. The summed E-state index contributed by atoms with van der Waals surface area (Å²) in [5.74, 6) is 2.81. The van der Waals surface area contributed by atoms with Gasteiger partial charge in [0, 0.05) is 12.0 Å². The molecule has 0 saturated heterocycles. The van der Waals surface area contributed by atoms with E-state index in [1.54, 1.807) is 38.5 Å². The van der Waals surface area contributed by atoms with E-state index >= 15 is 0 Å². The third-order valence-corrected chi connectivity index (χ3v) is 4.54. The molecule has 2 aromatic rings. The van der Waals surface area contributed by atoms with Crippen molar-refractivity contribution in [3.63, 3.8) is 0 Å². The Bertz CT molecular complexity index is 694. The summed E-state index contributed by atoms with van der Waals surface area (Å²) in [6.45, 7) is 0. The van der Waals surface area contributed by atoms with Crippen LogP contribution in [0.3, 0.4) is 0 Å². The minimum Gasteiger partial charge on any atom is -0.497 e. The Morgan fingerprint density at radius 1 is 0.778 bits per heavy atom. The van der Waals surface area contributed by atoms with E-state index in [9.17, 15) is 8.42 Å². The van der Waals surface area contributed by atoms with Crippen molar-refractivity contribution in [3.8, 4) is 11.5 Å². The molecule has 0 aliphatic heterocycles. The van der Waals surface area contributed by atoms with E-state index in [1.165, 1.54) is 11.8 Å². The van der Waals surface area contributed by atoms with Crippen LogP contribution in [0.2, 0.25) is 0 Å². The van der Waals surface area contributed by atoms with Crippen LogP contribution in [-0.4, -0.2) is 35.1 Å². The molecule has 156 valence electrons. The lowest BCUT2D eigenvalue weighted by Gasteiger charge is -2.01. The van der Waals surface area contributed by atoms with Crippen LogP contribution in [-0.2, 0) is 21.3 Å². The zero-order valence-electron chi connectivity index (χ0n) is 14.5. The highest BCUT2D eigenvalue weighted by molar-refractivity contribution is 7.97. The highest BCUT2D eigenvalue weighted by atomic mass is 32.2. The molecule has 0 aliphatic carbocycles. The summed E-state index contributed by atoms with van der Waals surface area (Å²) >= 11 is 1.83. The number of hydrogen-bond donors (Lipinski definition) is 0. The lowest BCUT2D eigenvalue weighted by atomic mass is 10.2. The molecule has 0 atom stereocenters. The average Bonchev–Trinajstić information content (AvgIpc) is 2.56. The van der Waals surface area contributed by atoms with E-state index in [2.05, 4.69) is 18.4 Å². The molecule has 27 heavy (non-hydrogen) atoms. The van der Waals surface area contributed by atoms with Gasteiger partial charge in [0.15, 0.2) is 9.84 Å². The molecule has 0 aliphatic rings. The maximum atomic E-state index is 10.9. The van der Waals surface area contributed by atoms with Crippen LogP contribution >= 0.6 is 11.8 Å². The van der Waals surface area contributed by atoms with Crippen molar-refractivity contribution >= 4 is 21.6 Å². The Labute approximate surface area is 171 Å². The van der Waals surface area contributed by atoms with Crippen LogP contribution in [0.5, 0.6) is 11.5 Å². The van der Waals surface area contributed by atoms with Crippen LogP contribution in [0.4, 0.5) is 0 Å². The van der Waals surface area contributed by atoms with Gasteiger partial charge in [-0.05, 0) is 41.6 Å². The Morgan fingerprint density at radius 3 is 1.44 bits per heavy atom. The normalized spacial score (nSPS) is 9.33. The second-order valence-corrected chi connectivity index (χ2v) is 8.21. The summed E-state index contributed by atoms with van der Waals surface area (Å²) in [5.41, 5.74) is 2.13. The molecular formula is C21H36O4S2. The predicted molar refractivity (Wildman–Crippen MR) is 122 cm³/mol. The monoisotopic (exact) mass is 416 g/mol. The van der Waals surface area contributed by atoms with Gasteiger partial charge in [-0.2, -0.15) is 11.8 Å². The molecule has 0 aromatic heterocycles. The van der Waals surface area contributed by atoms with Gasteiger partial charge in [0.1, 0.15) is 11.5 Å². The summed E-state index contributed by atoms with van der Waals surface area (Å²) in [4.78, 5) is 0. The fraction of sp³-hybridized carbons (Fsp3) is 0.429. The van der Waals surface area contributed by atoms with Crippen LogP contribution in [0, 0.1) is 0 Å². The molecule has 0 fully saturated rings. The van der Waals surface area contributed by atoms with Gasteiger partial charge in [0.25, 0.3) is 0 Å². The van der Waals surface area contributed by atoms with E-state index in [0.717, 1.165) is 22.8 Å². The molecule has 2 rings (SSSR count). The second-order valence-electron chi connectivity index (χ2n) is 5.20. The maximum Gasteiger partial charge on any atom is 0.151 e. The molecule has 0 heterocycles. The first-order valence-electron chi connectivity index (χ1n) is 7.30. The van der Waals surface area contributed by atoms with Crippen molar-refractivity contribution in [2.45, 2.75) is 33.8 Å². The minimum absolute atomic E-state index is 0. The summed E-state index contributed by atoms with van der Waals surface area (Å²) in [6.07, 6.45) is 3.32. The van der Waals surface area contributed by atoms with Crippen LogP contribution in [0.15, 0.2) is 48.5 Å². The first-order valence-corrected chi connectivity index (χ1v) is 10.8. The first-order chi connectivity index (χ1) is 11.4. The predicted octanol–water partition coefficient (Wildman–Crippen LogP) is 5.71. The van der Waals surface area contributed by atoms with Crippen LogP contribution in [0.25, 0.3) is 0 Å². The van der Waals surface area contributed by atoms with E-state index in [4.69, 9.17) is 9.47 Å². The Hall–Kier alpha value is -1.66. The average molecular weight is 417 g/mol. The van der Waals surface area contributed by atoms with E-state index < -0.39 is 9.84 Å². The largest absolute Gasteiger partial charge is 0.497 e. The van der Waals surface area contributed by atoms with Gasteiger partial charge in [-0.25, -0.2) is 8.42 Å². The summed E-state index contributed by atoms with van der Waals surface area (Å²) in [7, 11) is 0.322. The van der Waals surface area contributed by atoms with Gasteiger partial charge in [-0.3, -0.25) is 0 Å². The van der Waals surface area contributed by atoms with Gasteiger partial charge >= 0.3 is 0 Å². The lowest BCUT2D eigenvalue weighted by molar-refractivity contribution is 0.414. The molecule has 0 saturated carbocycles. The molecule has 4 nitrogen and oxygen atoms in total. The topological polar surface area (TPSA) is 52.6 Å². The highest BCUT2D eigenvalue weighted by Gasteiger charge is 2.03. The maximum absolute atomic E-state index is 10.9. The molecular weight excluding hydrogens is 380 g/mol. The SMILES string of the molecule is C.C.C.COc1ccc(CS(C)(=O)=O)cc1.COc1ccc(CSC)cc1. The number of thioether (sulfide) groups is 1. The summed E-state index contributed by atoms with van der Waals surface area (Å²) in [6, 6.07) is 15.2. The number of ether oxygens (including phenoxy) is 2. The third-order valence-electron chi connectivity index (χ3n) is 3.06. The molecule has 6 heteroatoms. The quantitative estimate of drug-likeness (QED) is 0.604. The zero-order chi connectivity index (χ0) is 18.0. The van der Waals surface area contributed by atoms with Crippen molar-refractivity contribution in [1.82, 2.24) is 0 Å².